The molecule has 3 aromatic rings. The molecule has 0 radical (unpaired) electrons. The molecule has 38 heavy (non-hydrogen) atoms. The number of hydrogen-bond donors (Lipinski definition) is 1. The van der Waals surface area contributed by atoms with E-state index in [1.807, 2.05) is 52.1 Å². The first-order chi connectivity index (χ1) is 18.3. The molecule has 3 heterocycles. The van der Waals surface area contributed by atoms with Gasteiger partial charge in [0.05, 0.1) is 11.9 Å². The Balaban J connectivity index is 0.000000426. The second kappa shape index (κ2) is 12.8. The molecule has 2 aliphatic heterocycles. The number of ether oxygens (including phenoxy) is 2. The smallest absolute Gasteiger partial charge is 0.293 e. The van der Waals surface area contributed by atoms with E-state index in [1.165, 1.54) is 29.8 Å². The molecule has 0 spiro atoms. The third kappa shape index (κ3) is 7.94. The Morgan fingerprint density at radius 2 is 1.87 bits per heavy atom. The van der Waals surface area contributed by atoms with Gasteiger partial charge < -0.3 is 19.7 Å². The number of rotatable bonds is 7. The van der Waals surface area contributed by atoms with Crippen molar-refractivity contribution < 1.29 is 14.3 Å². The molecule has 0 amide bonds. The van der Waals surface area contributed by atoms with Gasteiger partial charge in [0.25, 0.3) is 6.47 Å². The predicted molar refractivity (Wildman–Crippen MR) is 152 cm³/mol. The number of aryl methyl sites for hydroxylation is 1. The summed E-state index contributed by atoms with van der Waals surface area (Å²) in [4.78, 5) is 21.5. The maximum absolute atomic E-state index is 9.60. The van der Waals surface area contributed by atoms with E-state index in [-0.39, 0.29) is 5.60 Å². The van der Waals surface area contributed by atoms with Crippen LogP contribution in [0.15, 0.2) is 54.7 Å². The zero-order chi connectivity index (χ0) is 27.0. The molecule has 2 aliphatic rings. The van der Waals surface area contributed by atoms with E-state index in [2.05, 4.69) is 50.3 Å². The number of piperidine rings is 1. The van der Waals surface area contributed by atoms with Crippen LogP contribution >= 0.6 is 0 Å². The van der Waals surface area contributed by atoms with E-state index in [1.54, 1.807) is 0 Å². The largest absolute Gasteiger partial charge is 0.485 e. The Hall–Kier alpha value is -3.61. The predicted octanol–water partition coefficient (Wildman–Crippen LogP) is 5.75. The molecule has 1 saturated heterocycles. The Kier molecular flexibility index (Phi) is 9.21. The molecule has 0 atom stereocenters. The highest BCUT2D eigenvalue weighted by Crippen LogP contribution is 2.30. The normalized spacial score (nSPS) is 15.1. The average molecular weight is 517 g/mol. The van der Waals surface area contributed by atoms with Crippen molar-refractivity contribution >= 4 is 17.8 Å². The van der Waals surface area contributed by atoms with E-state index >= 15 is 0 Å². The van der Waals surface area contributed by atoms with Crippen molar-refractivity contribution in [3.05, 3.63) is 77.4 Å². The van der Waals surface area contributed by atoms with Gasteiger partial charge in [-0.15, -0.1) is 0 Å². The van der Waals surface area contributed by atoms with E-state index in [0.29, 0.717) is 19.0 Å². The summed E-state index contributed by atoms with van der Waals surface area (Å²) in [6.07, 6.45) is 6.30. The molecule has 2 aromatic carbocycles. The van der Waals surface area contributed by atoms with Gasteiger partial charge in [0.1, 0.15) is 18.0 Å². The van der Waals surface area contributed by atoms with Gasteiger partial charge in [-0.1, -0.05) is 30.3 Å². The third-order valence-electron chi connectivity index (χ3n) is 6.87. The minimum absolute atomic E-state index is 0.318. The highest BCUT2D eigenvalue weighted by Gasteiger charge is 2.22. The summed E-state index contributed by atoms with van der Waals surface area (Å²) < 4.78 is 10.5. The first kappa shape index (κ1) is 27.4. The summed E-state index contributed by atoms with van der Waals surface area (Å²) in [5.74, 6) is 2.35. The molecular formula is C31H40N4O3. The second-order valence-electron chi connectivity index (χ2n) is 11.0. The van der Waals surface area contributed by atoms with E-state index in [9.17, 15) is 4.79 Å². The van der Waals surface area contributed by atoms with Crippen molar-refractivity contribution in [2.45, 2.75) is 65.6 Å². The number of hydrogen-bond acceptors (Lipinski definition) is 7. The molecule has 7 heteroatoms. The molecule has 7 nitrogen and oxygen atoms in total. The summed E-state index contributed by atoms with van der Waals surface area (Å²) >= 11 is 0. The lowest BCUT2D eigenvalue weighted by molar-refractivity contribution is -0.138. The second-order valence-corrected chi connectivity index (χ2v) is 11.0. The maximum atomic E-state index is 9.60. The van der Waals surface area contributed by atoms with Crippen LogP contribution in [-0.4, -0.2) is 41.7 Å². The summed E-state index contributed by atoms with van der Waals surface area (Å²) in [7, 11) is 0. The fraction of sp³-hybridized carbons (Fsp3) is 0.452. The van der Waals surface area contributed by atoms with Crippen LogP contribution in [0.3, 0.4) is 0 Å². The SMILES string of the molecule is CC(C)(C)OC=O.Cc1nc(CC2CCN(c3ccc4c(c3)CCN4)CC2)ncc1OCc1ccccc1. The Bertz CT molecular complexity index is 1190. The van der Waals surface area contributed by atoms with E-state index in [0.717, 1.165) is 55.3 Å². The molecule has 0 unspecified atom stereocenters. The monoisotopic (exact) mass is 516 g/mol. The van der Waals surface area contributed by atoms with Crippen LogP contribution in [-0.2, 0) is 29.0 Å². The lowest BCUT2D eigenvalue weighted by Crippen LogP contribution is -2.34. The number of benzene rings is 2. The molecule has 0 saturated carbocycles. The van der Waals surface area contributed by atoms with Crippen molar-refractivity contribution in [1.82, 2.24) is 9.97 Å². The quantitative estimate of drug-likeness (QED) is 0.401. The van der Waals surface area contributed by atoms with Crippen LogP contribution in [0, 0.1) is 12.8 Å². The van der Waals surface area contributed by atoms with Gasteiger partial charge in [0.15, 0.2) is 5.75 Å². The number of carbonyl (C=O) groups is 1. The minimum Gasteiger partial charge on any atom is -0.485 e. The standard InChI is InChI=1S/C26H30N4O.C5H10O2/c1-19-25(31-18-21-5-3-2-4-6-21)17-28-26(29-19)15-20-10-13-30(14-11-20)23-7-8-24-22(16-23)9-12-27-24;1-5(2,3)7-4-6/h2-8,16-17,20,27H,9-15,18H2,1H3;4H,1-3H3. The number of nitrogens with zero attached hydrogens (tertiary/aromatic N) is 3. The number of nitrogens with one attached hydrogen (secondary N) is 1. The lowest BCUT2D eigenvalue weighted by Gasteiger charge is -2.33. The van der Waals surface area contributed by atoms with Crippen LogP contribution in [0.5, 0.6) is 5.75 Å². The summed E-state index contributed by atoms with van der Waals surface area (Å²) in [5.41, 5.74) is 5.89. The van der Waals surface area contributed by atoms with E-state index in [4.69, 9.17) is 9.72 Å². The van der Waals surface area contributed by atoms with Gasteiger partial charge in [-0.2, -0.15) is 0 Å². The summed E-state index contributed by atoms with van der Waals surface area (Å²) in [6, 6.07) is 17.1. The van der Waals surface area contributed by atoms with Crippen LogP contribution in [0.2, 0.25) is 0 Å². The molecule has 1 N–H and O–H groups in total. The van der Waals surface area contributed by atoms with Crippen LogP contribution in [0.1, 0.15) is 56.3 Å². The average Bonchev–Trinajstić information content (AvgIpc) is 3.37. The first-order valence-corrected chi connectivity index (χ1v) is 13.5. The Morgan fingerprint density at radius 1 is 1.11 bits per heavy atom. The van der Waals surface area contributed by atoms with Crippen molar-refractivity contribution in [3.63, 3.8) is 0 Å². The first-order valence-electron chi connectivity index (χ1n) is 13.5. The lowest BCUT2D eigenvalue weighted by atomic mass is 9.92. The fourth-order valence-corrected chi connectivity index (χ4v) is 4.77. The zero-order valence-electron chi connectivity index (χ0n) is 23.1. The van der Waals surface area contributed by atoms with E-state index < -0.39 is 0 Å². The van der Waals surface area contributed by atoms with Crippen molar-refractivity contribution in [2.24, 2.45) is 5.92 Å². The number of anilines is 2. The molecular weight excluding hydrogens is 476 g/mol. The number of aromatic nitrogens is 2. The number of fused-ring (bicyclic) bond motifs is 1. The highest BCUT2D eigenvalue weighted by molar-refractivity contribution is 5.63. The van der Waals surface area contributed by atoms with Crippen LogP contribution < -0.4 is 15.0 Å². The number of carbonyl (C=O) groups excluding carboxylic acids is 1. The topological polar surface area (TPSA) is 76.6 Å². The van der Waals surface area contributed by atoms with Crippen molar-refractivity contribution in [3.8, 4) is 5.75 Å². The molecule has 202 valence electrons. The van der Waals surface area contributed by atoms with Crippen LogP contribution in [0.4, 0.5) is 11.4 Å². The van der Waals surface area contributed by atoms with Gasteiger partial charge >= 0.3 is 0 Å². The highest BCUT2D eigenvalue weighted by atomic mass is 16.5. The molecule has 1 aromatic heterocycles. The van der Waals surface area contributed by atoms with Gasteiger partial charge in [-0.05, 0) is 82.2 Å². The Morgan fingerprint density at radius 3 is 2.53 bits per heavy atom. The zero-order valence-corrected chi connectivity index (χ0v) is 23.1. The van der Waals surface area contributed by atoms with Crippen molar-refractivity contribution in [2.75, 3.05) is 29.9 Å². The Labute approximate surface area is 226 Å². The van der Waals surface area contributed by atoms with Crippen molar-refractivity contribution in [1.29, 1.82) is 0 Å². The molecule has 1 fully saturated rings. The van der Waals surface area contributed by atoms with Gasteiger partial charge in [-0.3, -0.25) is 4.79 Å². The molecule has 0 bridgehead atoms. The van der Waals surface area contributed by atoms with Gasteiger partial charge in [-0.25, -0.2) is 9.97 Å². The maximum Gasteiger partial charge on any atom is 0.293 e. The molecule has 5 rings (SSSR count). The van der Waals surface area contributed by atoms with Crippen LogP contribution in [0.25, 0.3) is 0 Å². The summed E-state index contributed by atoms with van der Waals surface area (Å²) in [6.45, 7) is 11.8. The summed E-state index contributed by atoms with van der Waals surface area (Å²) in [5, 5.41) is 3.45. The fourth-order valence-electron chi connectivity index (χ4n) is 4.77. The minimum atomic E-state index is -0.318. The molecule has 0 aliphatic carbocycles. The van der Waals surface area contributed by atoms with Gasteiger partial charge in [0, 0.05) is 37.4 Å². The van der Waals surface area contributed by atoms with Gasteiger partial charge in [0.2, 0.25) is 0 Å². The third-order valence-corrected chi connectivity index (χ3v) is 6.87.